The van der Waals surface area contributed by atoms with Gasteiger partial charge < -0.3 is 9.64 Å². The molecule has 0 bridgehead atoms. The van der Waals surface area contributed by atoms with E-state index in [9.17, 15) is 27.2 Å². The van der Waals surface area contributed by atoms with Crippen molar-refractivity contribution in [3.63, 3.8) is 0 Å². The third-order valence-corrected chi connectivity index (χ3v) is 3.86. The Hall–Kier alpha value is -1.77. The van der Waals surface area contributed by atoms with Crippen LogP contribution in [0.2, 0.25) is 0 Å². The maximum absolute atomic E-state index is 13.6. The topological polar surface area (TPSA) is 46.6 Å². The highest BCUT2D eigenvalue weighted by atomic mass is 32.2. The predicted octanol–water partition coefficient (Wildman–Crippen LogP) is 3.11. The minimum absolute atomic E-state index is 0.118. The summed E-state index contributed by atoms with van der Waals surface area (Å²) in [6, 6.07) is 2.79. The average Bonchev–Trinajstić information content (AvgIpc) is 2.70. The van der Waals surface area contributed by atoms with Crippen LogP contribution in [0.4, 0.5) is 23.2 Å². The van der Waals surface area contributed by atoms with Crippen LogP contribution in [0.15, 0.2) is 18.2 Å². The highest BCUT2D eigenvalue weighted by Gasteiger charge is 2.34. The van der Waals surface area contributed by atoms with Crippen molar-refractivity contribution in [1.29, 1.82) is 0 Å². The normalized spacial score (nSPS) is 18.7. The lowest BCUT2D eigenvalue weighted by molar-refractivity contribution is -0.275. The van der Waals surface area contributed by atoms with Gasteiger partial charge in [-0.3, -0.25) is 9.59 Å². The largest absolute Gasteiger partial charge is 0.573 e. The molecule has 0 spiro atoms. The molecule has 0 aliphatic carbocycles. The lowest BCUT2D eigenvalue weighted by atomic mass is 10.2. The van der Waals surface area contributed by atoms with Gasteiger partial charge in [0.05, 0.1) is 0 Å². The van der Waals surface area contributed by atoms with E-state index in [0.717, 1.165) is 23.9 Å². The number of carbonyl (C=O) groups excluding carboxylic acids is 2. The Morgan fingerprint density at radius 3 is 2.64 bits per heavy atom. The molecule has 0 saturated carbocycles. The molecule has 0 radical (unpaired) electrons. The number of carbonyl (C=O) groups is 2. The second-order valence-corrected chi connectivity index (χ2v) is 6.08. The van der Waals surface area contributed by atoms with Gasteiger partial charge in [-0.2, -0.15) is 0 Å². The zero-order chi connectivity index (χ0) is 16.5. The van der Waals surface area contributed by atoms with E-state index in [1.165, 1.54) is 17.9 Å². The molecule has 2 rings (SSSR count). The van der Waals surface area contributed by atoms with Crippen LogP contribution >= 0.6 is 11.8 Å². The first-order chi connectivity index (χ1) is 10.2. The van der Waals surface area contributed by atoms with E-state index in [1.54, 1.807) is 0 Å². The van der Waals surface area contributed by atoms with E-state index in [-0.39, 0.29) is 34.9 Å². The maximum atomic E-state index is 13.6. The number of thioether (sulfide) groups is 1. The van der Waals surface area contributed by atoms with Crippen molar-refractivity contribution in [2.75, 3.05) is 11.4 Å². The highest BCUT2D eigenvalue weighted by Crippen LogP contribution is 2.32. The average molecular weight is 337 g/mol. The van der Waals surface area contributed by atoms with Crippen molar-refractivity contribution < 1.29 is 31.9 Å². The molecule has 1 saturated heterocycles. The van der Waals surface area contributed by atoms with E-state index in [2.05, 4.69) is 4.74 Å². The molecule has 1 aromatic rings. The lowest BCUT2D eigenvalue weighted by Crippen LogP contribution is -2.25. The molecular weight excluding hydrogens is 326 g/mol. The van der Waals surface area contributed by atoms with Crippen molar-refractivity contribution in [2.45, 2.75) is 25.0 Å². The number of nitrogens with zero attached hydrogens (tertiary/aromatic N) is 1. The van der Waals surface area contributed by atoms with Crippen molar-refractivity contribution in [1.82, 2.24) is 0 Å². The number of hydrogen-bond acceptors (Lipinski definition) is 4. The summed E-state index contributed by atoms with van der Waals surface area (Å²) in [5, 5.41) is -0.390. The lowest BCUT2D eigenvalue weighted by Gasteiger charge is -2.17. The van der Waals surface area contributed by atoms with Gasteiger partial charge in [0.25, 0.3) is 0 Å². The van der Waals surface area contributed by atoms with Crippen LogP contribution < -0.4 is 9.64 Å². The Bertz CT molecular complexity index is 605. The molecule has 1 heterocycles. The van der Waals surface area contributed by atoms with Crippen molar-refractivity contribution in [3.8, 4) is 5.75 Å². The Labute approximate surface area is 127 Å². The number of halogens is 4. The molecule has 1 fully saturated rings. The van der Waals surface area contributed by atoms with Gasteiger partial charge in [0, 0.05) is 36.9 Å². The summed E-state index contributed by atoms with van der Waals surface area (Å²) in [6.45, 7) is 1.57. The van der Waals surface area contributed by atoms with Gasteiger partial charge in [0.15, 0.2) is 16.7 Å². The summed E-state index contributed by atoms with van der Waals surface area (Å²) in [7, 11) is 0. The first-order valence-electron chi connectivity index (χ1n) is 6.18. The number of anilines is 1. The molecule has 0 N–H and O–H groups in total. The van der Waals surface area contributed by atoms with Gasteiger partial charge in [-0.05, 0) is 12.1 Å². The van der Waals surface area contributed by atoms with Crippen LogP contribution in [-0.2, 0) is 9.59 Å². The standard InChI is InChI=1S/C13H11F4NO3S/c1-7(19)22-9-5-12(20)18(6-9)8-2-3-11(10(14)4-8)21-13(15,16)17/h2-4,9H,5-6H2,1H3. The van der Waals surface area contributed by atoms with Crippen LogP contribution in [0.25, 0.3) is 0 Å². The van der Waals surface area contributed by atoms with Gasteiger partial charge in [0.2, 0.25) is 5.91 Å². The van der Waals surface area contributed by atoms with Gasteiger partial charge >= 0.3 is 6.36 Å². The summed E-state index contributed by atoms with van der Waals surface area (Å²) in [5.41, 5.74) is 0.128. The van der Waals surface area contributed by atoms with Crippen molar-refractivity contribution >= 4 is 28.5 Å². The summed E-state index contributed by atoms with van der Waals surface area (Å²) in [4.78, 5) is 24.1. The van der Waals surface area contributed by atoms with Crippen LogP contribution in [0, 0.1) is 5.82 Å². The molecule has 120 valence electrons. The van der Waals surface area contributed by atoms with Gasteiger partial charge in [0.1, 0.15) is 0 Å². The first kappa shape index (κ1) is 16.6. The summed E-state index contributed by atoms with van der Waals surface area (Å²) < 4.78 is 53.4. The highest BCUT2D eigenvalue weighted by molar-refractivity contribution is 8.14. The molecule has 22 heavy (non-hydrogen) atoms. The predicted molar refractivity (Wildman–Crippen MR) is 72.1 cm³/mol. The monoisotopic (exact) mass is 337 g/mol. The van der Waals surface area contributed by atoms with Crippen molar-refractivity contribution in [2.24, 2.45) is 0 Å². The number of benzene rings is 1. The molecule has 1 aliphatic rings. The first-order valence-corrected chi connectivity index (χ1v) is 7.06. The molecule has 9 heteroatoms. The maximum Gasteiger partial charge on any atom is 0.573 e. The zero-order valence-corrected chi connectivity index (χ0v) is 12.1. The molecule has 1 unspecified atom stereocenters. The molecule has 4 nitrogen and oxygen atoms in total. The van der Waals surface area contributed by atoms with Crippen LogP contribution in [0.1, 0.15) is 13.3 Å². The molecule has 1 aromatic carbocycles. The third kappa shape index (κ3) is 4.12. The second kappa shape index (κ2) is 6.15. The fraction of sp³-hybridized carbons (Fsp3) is 0.385. The molecule has 1 amide bonds. The molecule has 1 aliphatic heterocycles. The van der Waals surface area contributed by atoms with Crippen LogP contribution in [0.3, 0.4) is 0 Å². The molecule has 0 aromatic heterocycles. The van der Waals surface area contributed by atoms with Gasteiger partial charge in [-0.25, -0.2) is 4.39 Å². The minimum atomic E-state index is -4.99. The van der Waals surface area contributed by atoms with E-state index in [0.29, 0.717) is 0 Å². The Morgan fingerprint density at radius 1 is 1.41 bits per heavy atom. The van der Waals surface area contributed by atoms with E-state index in [4.69, 9.17) is 0 Å². The number of rotatable bonds is 3. The number of amides is 1. The third-order valence-electron chi connectivity index (χ3n) is 2.88. The number of alkyl halides is 3. The zero-order valence-electron chi connectivity index (χ0n) is 11.3. The molecular formula is C13H11F4NO3S. The SMILES string of the molecule is CC(=O)SC1CC(=O)N(c2ccc(OC(F)(F)F)c(F)c2)C1. The Balaban J connectivity index is 2.15. The minimum Gasteiger partial charge on any atom is -0.403 e. The van der Waals surface area contributed by atoms with Crippen LogP contribution in [0.5, 0.6) is 5.75 Å². The van der Waals surface area contributed by atoms with Gasteiger partial charge in [-0.15, -0.1) is 13.2 Å². The fourth-order valence-corrected chi connectivity index (χ4v) is 3.02. The van der Waals surface area contributed by atoms with E-state index < -0.39 is 17.9 Å². The van der Waals surface area contributed by atoms with Crippen molar-refractivity contribution in [3.05, 3.63) is 24.0 Å². The smallest absolute Gasteiger partial charge is 0.403 e. The summed E-state index contributed by atoms with van der Waals surface area (Å²) in [5.74, 6) is -2.49. The Kier molecular flexibility index (Phi) is 4.64. The molecule has 1 atom stereocenters. The number of hydrogen-bond donors (Lipinski definition) is 0. The summed E-state index contributed by atoms with van der Waals surface area (Å²) >= 11 is 1.01. The summed E-state index contributed by atoms with van der Waals surface area (Å²) in [6.07, 6.45) is -4.87. The number of ether oxygens (including phenoxy) is 1. The fourth-order valence-electron chi connectivity index (χ4n) is 2.10. The quantitative estimate of drug-likeness (QED) is 0.795. The van der Waals surface area contributed by atoms with Crippen LogP contribution in [-0.4, -0.2) is 29.2 Å². The van der Waals surface area contributed by atoms with E-state index >= 15 is 0 Å². The van der Waals surface area contributed by atoms with E-state index in [1.807, 2.05) is 0 Å². The second-order valence-electron chi connectivity index (χ2n) is 4.60. The van der Waals surface area contributed by atoms with Gasteiger partial charge in [-0.1, -0.05) is 11.8 Å². The Morgan fingerprint density at radius 2 is 2.09 bits per heavy atom.